The molecule has 0 N–H and O–H groups in total. The summed E-state index contributed by atoms with van der Waals surface area (Å²) in [4.78, 5) is 8.42. The van der Waals surface area contributed by atoms with E-state index in [-0.39, 0.29) is 0 Å². The molecule has 0 aliphatic heterocycles. The summed E-state index contributed by atoms with van der Waals surface area (Å²) in [6.07, 6.45) is 1.66. The van der Waals surface area contributed by atoms with Gasteiger partial charge in [-0.15, -0.1) is 0 Å². The van der Waals surface area contributed by atoms with E-state index in [0.29, 0.717) is 11.3 Å². The number of nitrogens with zero attached hydrogens (tertiary/aromatic N) is 4. The molecule has 5 nitrogen and oxygen atoms in total. The van der Waals surface area contributed by atoms with E-state index in [1.807, 2.05) is 31.2 Å². The lowest BCUT2D eigenvalue weighted by Gasteiger charge is -1.99. The Balaban J connectivity index is 2.14. The zero-order chi connectivity index (χ0) is 11.0. The molecule has 0 saturated heterocycles. The first-order chi connectivity index (χ1) is 7.83. The smallest absolute Gasteiger partial charge is 0.240 e. The number of rotatable bonds is 1. The first kappa shape index (κ1) is 8.96. The number of benzene rings is 1. The van der Waals surface area contributed by atoms with Crippen molar-refractivity contribution in [1.82, 2.24) is 20.3 Å². The van der Waals surface area contributed by atoms with Crippen molar-refractivity contribution < 1.29 is 4.63 Å². The van der Waals surface area contributed by atoms with Gasteiger partial charge in [0.15, 0.2) is 0 Å². The van der Waals surface area contributed by atoms with Crippen LogP contribution in [-0.2, 0) is 0 Å². The summed E-state index contributed by atoms with van der Waals surface area (Å²) in [5, 5.41) is 7.27. The molecule has 5 heteroatoms. The van der Waals surface area contributed by atoms with Gasteiger partial charge < -0.3 is 0 Å². The molecule has 3 aromatic rings. The molecule has 3 rings (SSSR count). The highest BCUT2D eigenvalue weighted by Gasteiger charge is 2.06. The third-order valence-electron chi connectivity index (χ3n) is 2.34. The third kappa shape index (κ3) is 1.42. The fourth-order valence-electron chi connectivity index (χ4n) is 1.46. The second-order valence-electron chi connectivity index (χ2n) is 3.53. The van der Waals surface area contributed by atoms with Gasteiger partial charge in [0, 0.05) is 5.56 Å². The summed E-state index contributed by atoms with van der Waals surface area (Å²) in [7, 11) is 0. The van der Waals surface area contributed by atoms with Crippen molar-refractivity contribution in [3.05, 3.63) is 36.0 Å². The molecule has 0 radical (unpaired) electrons. The van der Waals surface area contributed by atoms with Gasteiger partial charge in [0.1, 0.15) is 0 Å². The zero-order valence-corrected chi connectivity index (χ0v) is 8.58. The Morgan fingerprint density at radius 2 is 1.75 bits per heavy atom. The molecule has 16 heavy (non-hydrogen) atoms. The molecule has 0 saturated carbocycles. The lowest BCUT2D eigenvalue weighted by atomic mass is 10.1. The molecule has 1 aromatic carbocycles. The van der Waals surface area contributed by atoms with Crippen LogP contribution in [-0.4, -0.2) is 20.3 Å². The standard InChI is InChI=1S/C11H8N4O/c1-7-2-4-8(5-3-7)9-6-12-10-11(13-9)15-16-14-10/h2-6H,1H3. The molecule has 2 aromatic heterocycles. The molecule has 0 bridgehead atoms. The average molecular weight is 212 g/mol. The molecular weight excluding hydrogens is 204 g/mol. The average Bonchev–Trinajstić information content (AvgIpc) is 2.77. The summed E-state index contributed by atoms with van der Waals surface area (Å²) < 4.78 is 4.55. The Morgan fingerprint density at radius 3 is 2.56 bits per heavy atom. The molecule has 78 valence electrons. The molecule has 2 heterocycles. The predicted octanol–water partition coefficient (Wildman–Crippen LogP) is 1.99. The minimum Gasteiger partial charge on any atom is -0.240 e. The second-order valence-corrected chi connectivity index (χ2v) is 3.53. The van der Waals surface area contributed by atoms with Gasteiger partial charge >= 0.3 is 0 Å². The van der Waals surface area contributed by atoms with Crippen LogP contribution in [0.4, 0.5) is 0 Å². The first-order valence-electron chi connectivity index (χ1n) is 4.85. The Bertz CT molecular complexity index is 630. The van der Waals surface area contributed by atoms with Crippen LogP contribution < -0.4 is 0 Å². The van der Waals surface area contributed by atoms with Gasteiger partial charge in [-0.25, -0.2) is 14.6 Å². The highest BCUT2D eigenvalue weighted by atomic mass is 16.6. The lowest BCUT2D eigenvalue weighted by molar-refractivity contribution is 0.314. The van der Waals surface area contributed by atoms with Crippen molar-refractivity contribution in [1.29, 1.82) is 0 Å². The van der Waals surface area contributed by atoms with Crippen LogP contribution in [0.3, 0.4) is 0 Å². The minimum absolute atomic E-state index is 0.427. The van der Waals surface area contributed by atoms with E-state index in [2.05, 4.69) is 24.9 Å². The van der Waals surface area contributed by atoms with E-state index >= 15 is 0 Å². The van der Waals surface area contributed by atoms with Crippen molar-refractivity contribution in [3.63, 3.8) is 0 Å². The van der Waals surface area contributed by atoms with Crippen LogP contribution in [0.1, 0.15) is 5.56 Å². The Kier molecular flexibility index (Phi) is 1.89. The minimum atomic E-state index is 0.427. The van der Waals surface area contributed by atoms with Crippen molar-refractivity contribution >= 4 is 11.3 Å². The number of fused-ring (bicyclic) bond motifs is 1. The number of aromatic nitrogens is 4. The highest BCUT2D eigenvalue weighted by Crippen LogP contribution is 2.17. The van der Waals surface area contributed by atoms with E-state index in [1.54, 1.807) is 6.20 Å². The maximum absolute atomic E-state index is 4.55. The van der Waals surface area contributed by atoms with Crippen LogP contribution in [0.25, 0.3) is 22.6 Å². The molecule has 0 amide bonds. The van der Waals surface area contributed by atoms with Crippen molar-refractivity contribution in [2.24, 2.45) is 0 Å². The topological polar surface area (TPSA) is 64.7 Å². The molecule has 0 aliphatic carbocycles. The summed E-state index contributed by atoms with van der Waals surface area (Å²) >= 11 is 0. The first-order valence-corrected chi connectivity index (χ1v) is 4.85. The molecule has 0 aliphatic rings. The Labute approximate surface area is 91.1 Å². The van der Waals surface area contributed by atoms with E-state index in [0.717, 1.165) is 11.3 Å². The lowest BCUT2D eigenvalue weighted by Crippen LogP contribution is -1.87. The van der Waals surface area contributed by atoms with Gasteiger partial charge in [0.25, 0.3) is 0 Å². The Morgan fingerprint density at radius 1 is 1.00 bits per heavy atom. The van der Waals surface area contributed by atoms with Crippen molar-refractivity contribution in [2.75, 3.05) is 0 Å². The monoisotopic (exact) mass is 212 g/mol. The van der Waals surface area contributed by atoms with Crippen LogP contribution in [0.2, 0.25) is 0 Å². The van der Waals surface area contributed by atoms with E-state index < -0.39 is 0 Å². The molecule has 0 atom stereocenters. The van der Waals surface area contributed by atoms with Gasteiger partial charge in [-0.3, -0.25) is 0 Å². The highest BCUT2D eigenvalue weighted by molar-refractivity contribution is 5.68. The molecule has 0 spiro atoms. The fourth-order valence-corrected chi connectivity index (χ4v) is 1.46. The second kappa shape index (κ2) is 3.37. The molecule has 0 fully saturated rings. The fraction of sp³-hybridized carbons (Fsp3) is 0.0909. The summed E-state index contributed by atoms with van der Waals surface area (Å²) in [5.74, 6) is 0. The third-order valence-corrected chi connectivity index (χ3v) is 2.34. The maximum Gasteiger partial charge on any atom is 0.243 e. The van der Waals surface area contributed by atoms with Gasteiger partial charge in [0.05, 0.1) is 11.9 Å². The van der Waals surface area contributed by atoms with Gasteiger partial charge in [0.2, 0.25) is 11.3 Å². The van der Waals surface area contributed by atoms with Crippen LogP contribution in [0.15, 0.2) is 35.1 Å². The quantitative estimate of drug-likeness (QED) is 0.617. The summed E-state index contributed by atoms with van der Waals surface area (Å²) in [6.45, 7) is 2.04. The van der Waals surface area contributed by atoms with Crippen molar-refractivity contribution in [3.8, 4) is 11.3 Å². The van der Waals surface area contributed by atoms with Gasteiger partial charge in [-0.2, -0.15) is 0 Å². The SMILES string of the molecule is Cc1ccc(-c2cnc3nonc3n2)cc1. The number of hydrogen-bond acceptors (Lipinski definition) is 5. The van der Waals surface area contributed by atoms with Crippen LogP contribution >= 0.6 is 0 Å². The predicted molar refractivity (Wildman–Crippen MR) is 57.6 cm³/mol. The zero-order valence-electron chi connectivity index (χ0n) is 8.58. The maximum atomic E-state index is 4.55. The normalized spacial score (nSPS) is 10.8. The summed E-state index contributed by atoms with van der Waals surface area (Å²) in [6, 6.07) is 8.06. The van der Waals surface area contributed by atoms with Crippen molar-refractivity contribution in [2.45, 2.75) is 6.92 Å². The van der Waals surface area contributed by atoms with Gasteiger partial charge in [-0.05, 0) is 17.2 Å². The van der Waals surface area contributed by atoms with Crippen LogP contribution in [0.5, 0.6) is 0 Å². The molecule has 0 unspecified atom stereocenters. The van der Waals surface area contributed by atoms with Crippen LogP contribution in [0, 0.1) is 6.92 Å². The molecular formula is C11H8N4O. The van der Waals surface area contributed by atoms with E-state index in [4.69, 9.17) is 0 Å². The van der Waals surface area contributed by atoms with E-state index in [9.17, 15) is 0 Å². The number of aryl methyl sites for hydroxylation is 1. The van der Waals surface area contributed by atoms with Gasteiger partial charge in [-0.1, -0.05) is 29.8 Å². The van der Waals surface area contributed by atoms with E-state index in [1.165, 1.54) is 5.56 Å². The number of hydrogen-bond donors (Lipinski definition) is 0. The Hall–Kier alpha value is -2.30. The summed E-state index contributed by atoms with van der Waals surface area (Å²) in [5.41, 5.74) is 3.83. The largest absolute Gasteiger partial charge is 0.243 e.